The highest BCUT2D eigenvalue weighted by Gasteiger charge is 2.29. The van der Waals surface area contributed by atoms with E-state index in [1.165, 1.54) is 19.8 Å². The highest BCUT2D eigenvalue weighted by molar-refractivity contribution is 7.88. The van der Waals surface area contributed by atoms with Gasteiger partial charge in [0, 0.05) is 32.6 Å². The molecular formula is C19H27N5O4S. The smallest absolute Gasteiger partial charge is 0.346 e. The Morgan fingerprint density at radius 3 is 2.48 bits per heavy atom. The van der Waals surface area contributed by atoms with Gasteiger partial charge in [0.15, 0.2) is 0 Å². The number of hydrogen-bond donors (Lipinski definition) is 1. The quantitative estimate of drug-likeness (QED) is 0.681. The van der Waals surface area contributed by atoms with Crippen LogP contribution in [0.15, 0.2) is 35.1 Å². The molecule has 1 aliphatic rings. The lowest BCUT2D eigenvalue weighted by Gasteiger charge is -2.29. The van der Waals surface area contributed by atoms with E-state index in [0.29, 0.717) is 44.7 Å². The first-order valence-electron chi connectivity index (χ1n) is 9.65. The Morgan fingerprint density at radius 1 is 1.21 bits per heavy atom. The summed E-state index contributed by atoms with van der Waals surface area (Å²) >= 11 is 0. The van der Waals surface area contributed by atoms with E-state index >= 15 is 0 Å². The van der Waals surface area contributed by atoms with Crippen LogP contribution in [-0.4, -0.2) is 58.9 Å². The first-order valence-corrected chi connectivity index (χ1v) is 11.5. The van der Waals surface area contributed by atoms with Crippen molar-refractivity contribution in [1.29, 1.82) is 0 Å². The Hall–Kier alpha value is -2.46. The molecule has 1 aliphatic heterocycles. The van der Waals surface area contributed by atoms with Gasteiger partial charge in [0.25, 0.3) is 0 Å². The third-order valence-corrected chi connectivity index (χ3v) is 6.54. The first-order chi connectivity index (χ1) is 13.8. The summed E-state index contributed by atoms with van der Waals surface area (Å²) in [6.07, 6.45) is 3.11. The SMILES string of the molecule is Cn1c(C2CCN(S(C)(=O)=O)CC2)nn(CC(=O)NCCc2ccccc2)c1=O. The maximum absolute atomic E-state index is 12.5. The third kappa shape index (κ3) is 5.33. The van der Waals surface area contributed by atoms with Crippen LogP contribution in [0, 0.1) is 0 Å². The molecule has 1 N–H and O–H groups in total. The summed E-state index contributed by atoms with van der Waals surface area (Å²) in [4.78, 5) is 24.7. The molecule has 10 heteroatoms. The summed E-state index contributed by atoms with van der Waals surface area (Å²) in [5.41, 5.74) is 0.786. The van der Waals surface area contributed by atoms with Crippen LogP contribution in [0.4, 0.5) is 0 Å². The molecule has 1 saturated heterocycles. The van der Waals surface area contributed by atoms with Gasteiger partial charge in [-0.25, -0.2) is 22.2 Å². The Morgan fingerprint density at radius 2 is 1.86 bits per heavy atom. The van der Waals surface area contributed by atoms with E-state index in [9.17, 15) is 18.0 Å². The molecule has 0 atom stereocenters. The summed E-state index contributed by atoms with van der Waals surface area (Å²) < 4.78 is 27.4. The second kappa shape index (κ2) is 8.91. The van der Waals surface area contributed by atoms with Crippen LogP contribution in [0.1, 0.15) is 30.1 Å². The number of amides is 1. The van der Waals surface area contributed by atoms with Crippen molar-refractivity contribution in [3.05, 3.63) is 52.2 Å². The number of aromatic nitrogens is 3. The van der Waals surface area contributed by atoms with Crippen molar-refractivity contribution >= 4 is 15.9 Å². The molecule has 3 rings (SSSR count). The summed E-state index contributed by atoms with van der Waals surface area (Å²) in [5.74, 6) is 0.327. The number of rotatable bonds is 7. The number of carbonyl (C=O) groups excluding carboxylic acids is 1. The molecule has 2 heterocycles. The van der Waals surface area contributed by atoms with Crippen molar-refractivity contribution in [2.45, 2.75) is 31.7 Å². The fraction of sp³-hybridized carbons (Fsp3) is 0.526. The Bertz CT molecular complexity index is 1000. The van der Waals surface area contributed by atoms with Gasteiger partial charge in [-0.1, -0.05) is 30.3 Å². The molecule has 0 aliphatic carbocycles. The summed E-state index contributed by atoms with van der Waals surface area (Å²) in [6.45, 7) is 1.17. The normalized spacial score (nSPS) is 16.1. The molecule has 9 nitrogen and oxygen atoms in total. The van der Waals surface area contributed by atoms with Crippen LogP contribution in [0.5, 0.6) is 0 Å². The van der Waals surface area contributed by atoms with E-state index in [1.54, 1.807) is 7.05 Å². The maximum atomic E-state index is 12.5. The summed E-state index contributed by atoms with van der Waals surface area (Å²) in [5, 5.41) is 7.18. The van der Waals surface area contributed by atoms with Gasteiger partial charge in [0.1, 0.15) is 12.4 Å². The van der Waals surface area contributed by atoms with Crippen molar-refractivity contribution in [3.63, 3.8) is 0 Å². The lowest BCUT2D eigenvalue weighted by Crippen LogP contribution is -2.37. The van der Waals surface area contributed by atoms with E-state index in [2.05, 4.69) is 10.4 Å². The van der Waals surface area contributed by atoms with Gasteiger partial charge >= 0.3 is 5.69 Å². The number of carbonyl (C=O) groups is 1. The van der Waals surface area contributed by atoms with E-state index in [4.69, 9.17) is 0 Å². The zero-order valence-corrected chi connectivity index (χ0v) is 17.6. The zero-order valence-electron chi connectivity index (χ0n) is 16.7. The molecule has 1 aromatic heterocycles. The van der Waals surface area contributed by atoms with Crippen LogP contribution >= 0.6 is 0 Å². The number of benzene rings is 1. The van der Waals surface area contributed by atoms with Crippen molar-refractivity contribution in [2.24, 2.45) is 7.05 Å². The van der Waals surface area contributed by atoms with Crippen LogP contribution in [0.2, 0.25) is 0 Å². The fourth-order valence-corrected chi connectivity index (χ4v) is 4.47. The molecule has 0 bridgehead atoms. The van der Waals surface area contributed by atoms with Gasteiger partial charge in [0.05, 0.1) is 6.26 Å². The fourth-order valence-electron chi connectivity index (χ4n) is 3.59. The second-order valence-corrected chi connectivity index (χ2v) is 9.36. The van der Waals surface area contributed by atoms with E-state index in [-0.39, 0.29) is 24.1 Å². The van der Waals surface area contributed by atoms with Crippen molar-refractivity contribution < 1.29 is 13.2 Å². The van der Waals surface area contributed by atoms with Crippen LogP contribution in [0.3, 0.4) is 0 Å². The molecule has 29 heavy (non-hydrogen) atoms. The largest absolute Gasteiger partial charge is 0.354 e. The van der Waals surface area contributed by atoms with Crippen LogP contribution in [-0.2, 0) is 34.8 Å². The first kappa shape index (κ1) is 21.3. The molecule has 0 radical (unpaired) electrons. The molecule has 0 spiro atoms. The Labute approximate surface area is 170 Å². The van der Waals surface area contributed by atoms with Crippen LogP contribution in [0.25, 0.3) is 0 Å². The summed E-state index contributed by atoms with van der Waals surface area (Å²) in [7, 11) is -1.57. The van der Waals surface area contributed by atoms with Gasteiger partial charge in [-0.05, 0) is 24.8 Å². The number of piperidine rings is 1. The zero-order chi connectivity index (χ0) is 21.0. The highest BCUT2D eigenvalue weighted by Crippen LogP contribution is 2.26. The third-order valence-electron chi connectivity index (χ3n) is 5.23. The van der Waals surface area contributed by atoms with Crippen LogP contribution < -0.4 is 11.0 Å². The van der Waals surface area contributed by atoms with E-state index in [0.717, 1.165) is 5.56 Å². The minimum atomic E-state index is -3.20. The van der Waals surface area contributed by atoms with E-state index < -0.39 is 10.0 Å². The minimum absolute atomic E-state index is 0.00640. The average Bonchev–Trinajstić information content (AvgIpc) is 2.97. The molecular weight excluding hydrogens is 394 g/mol. The molecule has 1 aromatic carbocycles. The second-order valence-electron chi connectivity index (χ2n) is 7.38. The van der Waals surface area contributed by atoms with Crippen molar-refractivity contribution in [3.8, 4) is 0 Å². The van der Waals surface area contributed by atoms with Gasteiger partial charge in [-0.3, -0.25) is 9.36 Å². The van der Waals surface area contributed by atoms with Gasteiger partial charge in [0.2, 0.25) is 15.9 Å². The lowest BCUT2D eigenvalue weighted by atomic mass is 9.97. The average molecular weight is 422 g/mol. The Kier molecular flexibility index (Phi) is 6.53. The van der Waals surface area contributed by atoms with Gasteiger partial charge in [-0.2, -0.15) is 5.10 Å². The molecule has 1 fully saturated rings. The molecule has 2 aromatic rings. The van der Waals surface area contributed by atoms with E-state index in [1.807, 2.05) is 30.3 Å². The monoisotopic (exact) mass is 421 g/mol. The maximum Gasteiger partial charge on any atom is 0.346 e. The predicted molar refractivity (Wildman–Crippen MR) is 109 cm³/mol. The number of hydrogen-bond acceptors (Lipinski definition) is 5. The summed E-state index contributed by atoms with van der Waals surface area (Å²) in [6, 6.07) is 9.84. The number of sulfonamides is 1. The topological polar surface area (TPSA) is 106 Å². The highest BCUT2D eigenvalue weighted by atomic mass is 32.2. The molecule has 0 saturated carbocycles. The molecule has 158 valence electrons. The molecule has 0 unspecified atom stereocenters. The van der Waals surface area contributed by atoms with Gasteiger partial charge in [-0.15, -0.1) is 0 Å². The minimum Gasteiger partial charge on any atom is -0.354 e. The van der Waals surface area contributed by atoms with Gasteiger partial charge < -0.3 is 5.32 Å². The molecule has 1 amide bonds. The van der Waals surface area contributed by atoms with Crippen molar-refractivity contribution in [2.75, 3.05) is 25.9 Å². The Balaban J connectivity index is 1.57. The standard InChI is InChI=1S/C19H27N5O4S/c1-22-18(16-9-12-23(13-10-16)29(2,27)28)21-24(19(22)26)14-17(25)20-11-8-15-6-4-3-5-7-15/h3-7,16H,8-14H2,1-2H3,(H,20,25). The number of nitrogens with zero attached hydrogens (tertiary/aromatic N) is 4. The predicted octanol–water partition coefficient (Wildman–Crippen LogP) is 0.0797. The lowest BCUT2D eigenvalue weighted by molar-refractivity contribution is -0.121. The number of nitrogens with one attached hydrogen (secondary N) is 1. The van der Waals surface area contributed by atoms with Crippen molar-refractivity contribution in [1.82, 2.24) is 24.0 Å².